The van der Waals surface area contributed by atoms with E-state index in [-0.39, 0.29) is 0 Å². The van der Waals surface area contributed by atoms with Crippen LogP contribution in [0.15, 0.2) is 6.07 Å². The molecule has 1 aromatic heterocycles. The van der Waals surface area contributed by atoms with Crippen LogP contribution in [0.1, 0.15) is 25.5 Å². The molecule has 1 aromatic rings. The van der Waals surface area contributed by atoms with E-state index in [9.17, 15) is 4.79 Å². The Hall–Kier alpha value is -1.98. The van der Waals surface area contributed by atoms with E-state index < -0.39 is 5.97 Å². The van der Waals surface area contributed by atoms with Crippen LogP contribution in [0.4, 0.5) is 11.5 Å². The molecule has 1 N–H and O–H groups in total. The Morgan fingerprint density at radius 2 is 2.12 bits per heavy atom. The van der Waals surface area contributed by atoms with E-state index >= 15 is 0 Å². The number of aliphatic carboxylic acids is 1. The van der Waals surface area contributed by atoms with Crippen molar-refractivity contribution in [2.24, 2.45) is 17.8 Å². The molecule has 0 unspecified atom stereocenters. The number of rotatable bonds is 5. The van der Waals surface area contributed by atoms with Crippen molar-refractivity contribution in [1.29, 1.82) is 0 Å². The molecule has 4 atom stereocenters. The molecule has 0 aromatic carbocycles. The van der Waals surface area contributed by atoms with Gasteiger partial charge in [-0.25, -0.2) is 4.98 Å². The summed E-state index contributed by atoms with van der Waals surface area (Å²) in [5, 5.41) is 8.99. The van der Waals surface area contributed by atoms with Crippen LogP contribution >= 0.6 is 0 Å². The second-order valence-electron chi connectivity index (χ2n) is 7.47. The molecule has 3 heterocycles. The number of piperidine rings is 1. The SMILES string of the molecule is COc1c(N2C[C@@H]3[C@@H](CC(=O)O)[C@@H]3C2)cc(C)nc1N1CC[C@@H]1C. The van der Waals surface area contributed by atoms with E-state index in [0.29, 0.717) is 30.2 Å². The fourth-order valence-corrected chi connectivity index (χ4v) is 4.44. The second kappa shape index (κ2) is 5.53. The van der Waals surface area contributed by atoms with Gasteiger partial charge in [0, 0.05) is 37.8 Å². The number of hydrogen-bond acceptors (Lipinski definition) is 5. The number of aryl methyl sites for hydroxylation is 1. The average Bonchev–Trinajstić information content (AvgIpc) is 2.95. The van der Waals surface area contributed by atoms with Gasteiger partial charge in [-0.3, -0.25) is 4.79 Å². The minimum absolute atomic E-state index is 0.312. The lowest BCUT2D eigenvalue weighted by atomic mass is 10.0. The largest absolute Gasteiger partial charge is 0.491 e. The zero-order chi connectivity index (χ0) is 17.0. The van der Waals surface area contributed by atoms with Gasteiger partial charge in [-0.2, -0.15) is 0 Å². The first kappa shape index (κ1) is 15.5. The molecule has 3 fully saturated rings. The van der Waals surface area contributed by atoms with Crippen LogP contribution in [0.25, 0.3) is 0 Å². The summed E-state index contributed by atoms with van der Waals surface area (Å²) in [6.45, 7) is 7.13. The summed E-state index contributed by atoms with van der Waals surface area (Å²) in [6, 6.07) is 2.61. The lowest BCUT2D eigenvalue weighted by Gasteiger charge is -2.41. The minimum atomic E-state index is -0.674. The highest BCUT2D eigenvalue weighted by Gasteiger charge is 2.56. The van der Waals surface area contributed by atoms with Crippen molar-refractivity contribution in [3.63, 3.8) is 0 Å². The van der Waals surface area contributed by atoms with Crippen molar-refractivity contribution in [2.45, 2.75) is 32.7 Å². The van der Waals surface area contributed by atoms with Crippen LogP contribution in [-0.2, 0) is 4.79 Å². The van der Waals surface area contributed by atoms with Gasteiger partial charge < -0.3 is 19.6 Å². The number of methoxy groups -OCH3 is 1. The Kier molecular flexibility index (Phi) is 3.58. The quantitative estimate of drug-likeness (QED) is 0.892. The minimum Gasteiger partial charge on any atom is -0.491 e. The Labute approximate surface area is 142 Å². The van der Waals surface area contributed by atoms with E-state index in [4.69, 9.17) is 14.8 Å². The number of hydrogen-bond donors (Lipinski definition) is 1. The molecule has 0 radical (unpaired) electrons. The van der Waals surface area contributed by atoms with Crippen LogP contribution in [0.3, 0.4) is 0 Å². The zero-order valence-corrected chi connectivity index (χ0v) is 14.5. The smallest absolute Gasteiger partial charge is 0.303 e. The summed E-state index contributed by atoms with van der Waals surface area (Å²) in [4.78, 5) is 20.3. The number of carbonyl (C=O) groups is 1. The molecule has 6 heteroatoms. The molecule has 2 saturated heterocycles. The van der Waals surface area contributed by atoms with Gasteiger partial charge in [-0.1, -0.05) is 0 Å². The molecule has 1 aliphatic carbocycles. The molecule has 0 amide bonds. The molecule has 2 aliphatic heterocycles. The molecule has 6 nitrogen and oxygen atoms in total. The number of anilines is 2. The van der Waals surface area contributed by atoms with Gasteiger partial charge in [-0.05, 0) is 44.1 Å². The number of aromatic nitrogens is 1. The number of fused-ring (bicyclic) bond motifs is 1. The van der Waals surface area contributed by atoms with Crippen molar-refractivity contribution in [3.05, 3.63) is 11.8 Å². The Balaban J connectivity index is 1.57. The molecule has 1 saturated carbocycles. The average molecular weight is 331 g/mol. The van der Waals surface area contributed by atoms with Crippen molar-refractivity contribution in [2.75, 3.05) is 36.5 Å². The summed E-state index contributed by atoms with van der Waals surface area (Å²) in [5.74, 6) is 2.54. The third kappa shape index (κ3) is 2.39. The lowest BCUT2D eigenvalue weighted by Crippen LogP contribution is -2.46. The second-order valence-corrected chi connectivity index (χ2v) is 7.47. The zero-order valence-electron chi connectivity index (χ0n) is 14.5. The van der Waals surface area contributed by atoms with Gasteiger partial charge in [-0.15, -0.1) is 0 Å². The number of carboxylic acids is 1. The molecular weight excluding hydrogens is 306 g/mol. The van der Waals surface area contributed by atoms with E-state index in [1.54, 1.807) is 7.11 Å². The number of nitrogens with zero attached hydrogens (tertiary/aromatic N) is 3. The highest BCUT2D eigenvalue weighted by molar-refractivity contribution is 5.72. The maximum absolute atomic E-state index is 10.9. The van der Waals surface area contributed by atoms with Gasteiger partial charge in [0.2, 0.25) is 0 Å². The Morgan fingerprint density at radius 1 is 1.42 bits per heavy atom. The Morgan fingerprint density at radius 3 is 2.62 bits per heavy atom. The number of pyridine rings is 1. The van der Waals surface area contributed by atoms with Crippen LogP contribution in [0.2, 0.25) is 0 Å². The lowest BCUT2D eigenvalue weighted by molar-refractivity contribution is -0.137. The normalized spacial score (nSPS) is 30.8. The first-order valence-corrected chi connectivity index (χ1v) is 8.78. The van der Waals surface area contributed by atoms with E-state index in [0.717, 1.165) is 42.6 Å². The fraction of sp³-hybridized carbons (Fsp3) is 0.667. The van der Waals surface area contributed by atoms with Gasteiger partial charge in [0.25, 0.3) is 0 Å². The van der Waals surface area contributed by atoms with Gasteiger partial charge in [0.05, 0.1) is 12.8 Å². The summed E-state index contributed by atoms with van der Waals surface area (Å²) in [6.07, 6.45) is 1.51. The third-order valence-electron chi connectivity index (χ3n) is 5.98. The molecule has 0 bridgehead atoms. The predicted octanol–water partition coefficient (Wildman–Crippen LogP) is 2.15. The van der Waals surface area contributed by atoms with E-state index in [2.05, 4.69) is 22.8 Å². The topological polar surface area (TPSA) is 65.9 Å². The molecule has 3 aliphatic rings. The highest BCUT2D eigenvalue weighted by atomic mass is 16.5. The molecule has 0 spiro atoms. The van der Waals surface area contributed by atoms with Gasteiger partial charge >= 0.3 is 5.97 Å². The van der Waals surface area contributed by atoms with Crippen molar-refractivity contribution < 1.29 is 14.6 Å². The van der Waals surface area contributed by atoms with Crippen molar-refractivity contribution in [3.8, 4) is 5.75 Å². The van der Waals surface area contributed by atoms with Gasteiger partial charge in [0.1, 0.15) is 0 Å². The monoisotopic (exact) mass is 331 g/mol. The number of carboxylic acid groups (broad SMARTS) is 1. The number of ether oxygens (including phenoxy) is 1. The maximum Gasteiger partial charge on any atom is 0.303 e. The summed E-state index contributed by atoms with van der Waals surface area (Å²) in [5.41, 5.74) is 2.11. The van der Waals surface area contributed by atoms with E-state index in [1.807, 2.05) is 6.92 Å². The van der Waals surface area contributed by atoms with Gasteiger partial charge in [0.15, 0.2) is 11.6 Å². The van der Waals surface area contributed by atoms with E-state index in [1.165, 1.54) is 6.42 Å². The van der Waals surface area contributed by atoms with Crippen molar-refractivity contribution in [1.82, 2.24) is 4.98 Å². The summed E-state index contributed by atoms with van der Waals surface area (Å²) in [7, 11) is 1.72. The first-order valence-electron chi connectivity index (χ1n) is 8.78. The molecule has 24 heavy (non-hydrogen) atoms. The Bertz CT molecular complexity index is 666. The fourth-order valence-electron chi connectivity index (χ4n) is 4.44. The van der Waals surface area contributed by atoms with Crippen LogP contribution < -0.4 is 14.5 Å². The summed E-state index contributed by atoms with van der Waals surface area (Å²) >= 11 is 0. The van der Waals surface area contributed by atoms with Crippen LogP contribution in [0, 0.1) is 24.7 Å². The maximum atomic E-state index is 10.9. The standard InChI is InChI=1S/C18H25N3O3/c1-10-6-15(17(24-3)18(19-10)21-5-4-11(21)2)20-8-13-12(7-16(22)23)14(13)9-20/h6,11-14H,4-5,7-9H2,1-3H3,(H,22,23)/t11-,12-,13-,14+/m0/s1. The van der Waals surface area contributed by atoms with Crippen LogP contribution in [0.5, 0.6) is 5.75 Å². The highest BCUT2D eigenvalue weighted by Crippen LogP contribution is 2.55. The third-order valence-corrected chi connectivity index (χ3v) is 5.98. The first-order chi connectivity index (χ1) is 11.5. The molecule has 130 valence electrons. The summed E-state index contributed by atoms with van der Waals surface area (Å²) < 4.78 is 5.75. The predicted molar refractivity (Wildman–Crippen MR) is 91.9 cm³/mol. The van der Waals surface area contributed by atoms with Crippen LogP contribution in [-0.4, -0.2) is 48.8 Å². The molecular formula is C18H25N3O3. The molecule has 4 rings (SSSR count). The van der Waals surface area contributed by atoms with Crippen molar-refractivity contribution >= 4 is 17.5 Å².